The number of rotatable bonds is 21. The number of aryl methyl sites for hydroxylation is 1. The molecular weight excluding hydrogens is 885 g/mol. The van der Waals surface area contributed by atoms with Crippen LogP contribution in [0.25, 0.3) is 0 Å². The van der Waals surface area contributed by atoms with Gasteiger partial charge in [-0.05, 0) is 93.7 Å². The molecule has 0 unspecified atom stereocenters. The summed E-state index contributed by atoms with van der Waals surface area (Å²) in [4.78, 5) is 0.111. The molecule has 0 amide bonds. The van der Waals surface area contributed by atoms with E-state index in [4.69, 9.17) is 45.9 Å². The summed E-state index contributed by atoms with van der Waals surface area (Å²) in [5.74, 6) is -2.67. The van der Waals surface area contributed by atoms with E-state index in [1.807, 2.05) is 20.8 Å². The van der Waals surface area contributed by atoms with E-state index in [1.165, 1.54) is 0 Å². The molecule has 0 radical (unpaired) electrons. The Balaban J connectivity index is 2.13. The van der Waals surface area contributed by atoms with Gasteiger partial charge in [-0.3, -0.25) is 4.18 Å². The van der Waals surface area contributed by atoms with Crippen molar-refractivity contribution in [1.29, 1.82) is 0 Å². The molecule has 374 valence electrons. The first-order chi connectivity index (χ1) is 28.9. The SMILES string of the molecule is COC[C@@H](C[C@H]1O[C@@](OC)([C@@H]2OC(C)(C)O[C@H]2C[C@H](OC)[C@H](CCOS(=O)(=O)c2ccc(C)cc2)O[Si](C)(C)C(C)(C)C)[C@H](C)[C@@H](O[Si](C)(C)C(C)(C)C)[C@H]1C)O[Si](C)(C)C(C)(C)C. The van der Waals surface area contributed by atoms with Gasteiger partial charge in [0.25, 0.3) is 10.1 Å². The topological polar surface area (TPSA) is 126 Å². The number of benzene rings is 1. The summed E-state index contributed by atoms with van der Waals surface area (Å²) in [7, 11) is -5.91. The van der Waals surface area contributed by atoms with Gasteiger partial charge >= 0.3 is 0 Å². The predicted molar refractivity (Wildman–Crippen MR) is 264 cm³/mol. The van der Waals surface area contributed by atoms with Crippen LogP contribution in [-0.2, 0) is 56.0 Å². The van der Waals surface area contributed by atoms with Crippen LogP contribution in [0.5, 0.6) is 0 Å². The molecule has 12 nitrogen and oxygen atoms in total. The molecular formula is C48H92O12SSi3. The van der Waals surface area contributed by atoms with E-state index in [2.05, 4.69) is 115 Å². The van der Waals surface area contributed by atoms with Crippen molar-refractivity contribution in [2.24, 2.45) is 11.8 Å². The van der Waals surface area contributed by atoms with E-state index in [0.29, 0.717) is 19.4 Å². The van der Waals surface area contributed by atoms with Crippen LogP contribution in [0.2, 0.25) is 54.4 Å². The van der Waals surface area contributed by atoms with Crippen molar-refractivity contribution in [1.82, 2.24) is 0 Å². The highest BCUT2D eigenvalue weighted by Crippen LogP contribution is 2.52. The molecule has 10 atom stereocenters. The van der Waals surface area contributed by atoms with Crippen LogP contribution >= 0.6 is 0 Å². The second-order valence-corrected chi connectivity index (χ2v) is 39.5. The zero-order valence-corrected chi connectivity index (χ0v) is 48.2. The number of methoxy groups -OCH3 is 3. The molecule has 2 fully saturated rings. The summed E-state index contributed by atoms with van der Waals surface area (Å²) in [6.45, 7) is 44.0. The Kier molecular flexibility index (Phi) is 19.1. The summed E-state index contributed by atoms with van der Waals surface area (Å²) >= 11 is 0. The zero-order chi connectivity index (χ0) is 49.3. The monoisotopic (exact) mass is 977 g/mol. The van der Waals surface area contributed by atoms with Gasteiger partial charge < -0.3 is 41.7 Å². The maximum absolute atomic E-state index is 13.3. The predicted octanol–water partition coefficient (Wildman–Crippen LogP) is 11.2. The normalized spacial score (nSPS) is 28.0. The summed E-state index contributed by atoms with van der Waals surface area (Å²) in [6, 6.07) is 6.66. The van der Waals surface area contributed by atoms with Crippen molar-refractivity contribution in [3.63, 3.8) is 0 Å². The summed E-state index contributed by atoms with van der Waals surface area (Å²) in [6.07, 6.45) is -2.09. The first-order valence-corrected chi connectivity index (χ1v) is 33.6. The third kappa shape index (κ3) is 13.8. The van der Waals surface area contributed by atoms with Crippen LogP contribution in [0.15, 0.2) is 29.2 Å². The molecule has 2 aliphatic rings. The molecule has 2 saturated heterocycles. The van der Waals surface area contributed by atoms with E-state index in [9.17, 15) is 8.42 Å². The lowest BCUT2D eigenvalue weighted by molar-refractivity contribution is -0.366. The van der Waals surface area contributed by atoms with Crippen molar-refractivity contribution in [2.75, 3.05) is 34.5 Å². The van der Waals surface area contributed by atoms with Gasteiger partial charge in [0, 0.05) is 46.0 Å². The van der Waals surface area contributed by atoms with Crippen LogP contribution in [0.4, 0.5) is 0 Å². The van der Waals surface area contributed by atoms with Crippen molar-refractivity contribution in [3.05, 3.63) is 29.8 Å². The van der Waals surface area contributed by atoms with Crippen molar-refractivity contribution >= 4 is 35.1 Å². The highest BCUT2D eigenvalue weighted by Gasteiger charge is 2.64. The Hall–Kier alpha value is -0.579. The van der Waals surface area contributed by atoms with Gasteiger partial charge in [0.15, 0.2) is 30.7 Å². The van der Waals surface area contributed by atoms with Gasteiger partial charge in [0.05, 0.1) is 54.7 Å². The molecule has 1 aromatic rings. The van der Waals surface area contributed by atoms with Crippen molar-refractivity contribution in [2.45, 2.75) is 230 Å². The Morgan fingerprint density at radius 3 is 1.73 bits per heavy atom. The van der Waals surface area contributed by atoms with Crippen LogP contribution in [0.3, 0.4) is 0 Å². The van der Waals surface area contributed by atoms with Crippen LogP contribution in [-0.4, -0.2) is 122 Å². The molecule has 1 aromatic carbocycles. The molecule has 0 N–H and O–H groups in total. The van der Waals surface area contributed by atoms with Crippen LogP contribution in [0, 0.1) is 18.8 Å². The maximum atomic E-state index is 13.3. The summed E-state index contributed by atoms with van der Waals surface area (Å²) in [5, 5.41) is -0.192. The van der Waals surface area contributed by atoms with Gasteiger partial charge in [0.2, 0.25) is 5.79 Å². The van der Waals surface area contributed by atoms with E-state index in [0.717, 1.165) is 5.56 Å². The number of hydrogen-bond acceptors (Lipinski definition) is 12. The van der Waals surface area contributed by atoms with E-state index in [1.54, 1.807) is 45.6 Å². The molecule has 0 aromatic heterocycles. The first kappa shape index (κ1) is 57.7. The molecule has 16 heteroatoms. The smallest absolute Gasteiger partial charge is 0.296 e. The van der Waals surface area contributed by atoms with E-state index in [-0.39, 0.29) is 63.2 Å². The fourth-order valence-corrected chi connectivity index (χ4v) is 13.2. The second kappa shape index (κ2) is 21.2. The molecule has 0 saturated carbocycles. The minimum Gasteiger partial charge on any atom is -0.413 e. The number of ether oxygens (including phenoxy) is 6. The summed E-state index contributed by atoms with van der Waals surface area (Å²) < 4.78 is 94.2. The lowest BCUT2D eigenvalue weighted by atomic mass is 9.76. The lowest BCUT2D eigenvalue weighted by Gasteiger charge is -2.56. The minimum absolute atomic E-state index is 0.00381. The van der Waals surface area contributed by atoms with E-state index < -0.39 is 71.1 Å². The van der Waals surface area contributed by atoms with Gasteiger partial charge in [-0.25, -0.2) is 0 Å². The van der Waals surface area contributed by atoms with E-state index >= 15 is 0 Å². The van der Waals surface area contributed by atoms with Crippen LogP contribution in [0.1, 0.15) is 115 Å². The molecule has 2 aliphatic heterocycles. The summed E-state index contributed by atoms with van der Waals surface area (Å²) in [5.41, 5.74) is 0.960. The van der Waals surface area contributed by atoms with Crippen LogP contribution < -0.4 is 0 Å². The van der Waals surface area contributed by atoms with Gasteiger partial charge in [-0.2, -0.15) is 8.42 Å². The van der Waals surface area contributed by atoms with Gasteiger partial charge in [-0.15, -0.1) is 0 Å². The first-order valence-electron chi connectivity index (χ1n) is 23.5. The minimum atomic E-state index is -4.01. The third-order valence-electron chi connectivity index (χ3n) is 15.2. The van der Waals surface area contributed by atoms with Gasteiger partial charge in [0.1, 0.15) is 6.10 Å². The molecule has 0 spiro atoms. The van der Waals surface area contributed by atoms with Crippen molar-refractivity contribution in [3.8, 4) is 0 Å². The van der Waals surface area contributed by atoms with Crippen molar-refractivity contribution < 1.29 is 54.3 Å². The molecule has 2 heterocycles. The highest BCUT2D eigenvalue weighted by molar-refractivity contribution is 7.86. The lowest BCUT2D eigenvalue weighted by Crippen LogP contribution is -2.67. The second-order valence-electron chi connectivity index (χ2n) is 23.7. The molecule has 0 bridgehead atoms. The fourth-order valence-electron chi connectivity index (χ4n) is 8.10. The Morgan fingerprint density at radius 1 is 0.719 bits per heavy atom. The Bertz CT molecular complexity index is 1740. The maximum Gasteiger partial charge on any atom is 0.296 e. The largest absolute Gasteiger partial charge is 0.413 e. The third-order valence-corrected chi connectivity index (χ3v) is 30.0. The standard InChI is InChI=1S/C48H92O12SSi3/c1-33-24-26-37(27-25-33)61(49,50)54-29-28-38(59-63(20,21)45(7,8)9)40(52-16)31-41-43(57-47(13,14)55-41)48(53-17)35(3)42(60-64(22,23)46(10,11)12)34(2)39(56-48)30-36(32-51-15)58-62(18,19)44(4,5)6/h24-27,34-36,38-43H,28-32H2,1-23H3/t34-,35+,36+,38-,39+,40-,41-,42-,43+,48+/m0/s1. The average molecular weight is 978 g/mol. The zero-order valence-electron chi connectivity index (χ0n) is 44.3. The number of hydrogen-bond donors (Lipinski definition) is 0. The molecule has 0 aliphatic carbocycles. The average Bonchev–Trinajstić information content (AvgIpc) is 3.45. The Morgan fingerprint density at radius 2 is 1.25 bits per heavy atom. The highest BCUT2D eigenvalue weighted by atomic mass is 32.2. The van der Waals surface area contributed by atoms with Gasteiger partial charge in [-0.1, -0.05) is 93.9 Å². The quantitative estimate of drug-likeness (QED) is 0.0860. The molecule has 3 rings (SSSR count). The molecule has 64 heavy (non-hydrogen) atoms. The Labute approximate surface area is 393 Å². The fraction of sp³-hybridized carbons (Fsp3) is 0.875.